The van der Waals surface area contributed by atoms with Crippen molar-refractivity contribution in [2.24, 2.45) is 23.7 Å². The van der Waals surface area contributed by atoms with E-state index in [0.717, 1.165) is 25.5 Å². The maximum absolute atomic E-state index is 13.2. The van der Waals surface area contributed by atoms with Crippen molar-refractivity contribution in [1.82, 2.24) is 4.90 Å². The quantitative estimate of drug-likeness (QED) is 0.372. The van der Waals surface area contributed by atoms with E-state index in [9.17, 15) is 39.6 Å². The molecule has 12 heteroatoms. The van der Waals surface area contributed by atoms with Gasteiger partial charge in [-0.05, 0) is 50.4 Å². The molecular formula is C20H31F6NO4S. The molecule has 32 heavy (non-hydrogen) atoms. The molecule has 2 aliphatic rings. The van der Waals surface area contributed by atoms with Crippen molar-refractivity contribution >= 4 is 16.0 Å². The summed E-state index contributed by atoms with van der Waals surface area (Å²) in [6.45, 7) is -0.0744. The zero-order chi connectivity index (χ0) is 24.3. The van der Waals surface area contributed by atoms with E-state index in [1.165, 1.54) is 11.9 Å². The molecule has 0 aromatic carbocycles. The molecule has 2 aliphatic carbocycles. The first-order chi connectivity index (χ1) is 14.6. The van der Waals surface area contributed by atoms with E-state index < -0.39 is 71.5 Å². The molecule has 0 saturated heterocycles. The van der Waals surface area contributed by atoms with Crippen LogP contribution in [-0.2, 0) is 19.1 Å². The van der Waals surface area contributed by atoms with Crippen LogP contribution in [0.4, 0.5) is 26.3 Å². The van der Waals surface area contributed by atoms with Gasteiger partial charge in [0.25, 0.3) is 16.0 Å². The van der Waals surface area contributed by atoms with Crippen LogP contribution in [0, 0.1) is 23.7 Å². The zero-order valence-electron chi connectivity index (χ0n) is 18.2. The van der Waals surface area contributed by atoms with Gasteiger partial charge in [0, 0.05) is 13.6 Å². The van der Waals surface area contributed by atoms with Crippen LogP contribution in [0.3, 0.4) is 0 Å². The fourth-order valence-corrected chi connectivity index (χ4v) is 5.47. The maximum Gasteiger partial charge on any atom is 0.391 e. The highest BCUT2D eigenvalue weighted by molar-refractivity contribution is 7.86. The largest absolute Gasteiger partial charge is 0.391 e. The molecule has 2 rings (SSSR count). The molecule has 0 bridgehead atoms. The highest BCUT2D eigenvalue weighted by Crippen LogP contribution is 2.48. The summed E-state index contributed by atoms with van der Waals surface area (Å²) in [5.74, 6) is -5.82. The summed E-state index contributed by atoms with van der Waals surface area (Å²) in [6, 6.07) is 0. The van der Waals surface area contributed by atoms with Gasteiger partial charge in [-0.25, -0.2) is 0 Å². The van der Waals surface area contributed by atoms with Crippen molar-refractivity contribution in [2.75, 3.05) is 19.8 Å². The molecule has 2 unspecified atom stereocenters. The Hall–Kier alpha value is -1.04. The number of carbonyl (C=O) groups excluding carboxylic acids is 1. The molecule has 0 aliphatic heterocycles. The first-order valence-electron chi connectivity index (χ1n) is 10.8. The van der Waals surface area contributed by atoms with Crippen LogP contribution in [0.15, 0.2) is 0 Å². The number of hydrogen-bond acceptors (Lipinski definition) is 4. The molecule has 1 amide bonds. The molecule has 188 valence electrons. The van der Waals surface area contributed by atoms with Crippen LogP contribution in [0.25, 0.3) is 0 Å². The lowest BCUT2D eigenvalue weighted by Crippen LogP contribution is -2.45. The molecule has 0 spiro atoms. The molecule has 0 aromatic rings. The lowest BCUT2D eigenvalue weighted by Gasteiger charge is -2.37. The van der Waals surface area contributed by atoms with Crippen LogP contribution < -0.4 is 0 Å². The Morgan fingerprint density at radius 3 is 1.91 bits per heavy atom. The molecule has 2 fully saturated rings. The molecular weight excluding hydrogens is 464 g/mol. The third-order valence-electron chi connectivity index (χ3n) is 6.58. The van der Waals surface area contributed by atoms with Gasteiger partial charge in [0.05, 0.1) is 18.1 Å². The van der Waals surface area contributed by atoms with Gasteiger partial charge in [-0.15, -0.1) is 0 Å². The van der Waals surface area contributed by atoms with E-state index in [1.807, 2.05) is 0 Å². The van der Waals surface area contributed by atoms with Crippen molar-refractivity contribution in [1.29, 1.82) is 0 Å². The number of carbonyl (C=O) groups is 1. The number of rotatable bonds is 7. The van der Waals surface area contributed by atoms with Crippen LogP contribution in [0.2, 0.25) is 0 Å². The number of likely N-dealkylation sites (N-methyl/N-ethyl adjacent to an activating group) is 1. The lowest BCUT2D eigenvalue weighted by atomic mass is 9.73. The zero-order valence-corrected chi connectivity index (χ0v) is 19.0. The summed E-state index contributed by atoms with van der Waals surface area (Å²) in [4.78, 5) is 14.1. The van der Waals surface area contributed by atoms with E-state index in [-0.39, 0.29) is 18.9 Å². The Kier molecular flexibility index (Phi) is 8.91. The average Bonchev–Trinajstić information content (AvgIpc) is 2.68. The normalized spacial score (nSPS) is 27.2. The van der Waals surface area contributed by atoms with Gasteiger partial charge >= 0.3 is 12.4 Å². The van der Waals surface area contributed by atoms with Crippen LogP contribution >= 0.6 is 0 Å². The van der Waals surface area contributed by atoms with Crippen LogP contribution in [0.1, 0.15) is 57.8 Å². The van der Waals surface area contributed by atoms with Gasteiger partial charge in [0.15, 0.2) is 6.10 Å². The first kappa shape index (κ1) is 27.2. The Morgan fingerprint density at radius 1 is 0.969 bits per heavy atom. The number of halogens is 6. The second-order valence-electron chi connectivity index (χ2n) is 9.22. The fraction of sp³-hybridized carbons (Fsp3) is 0.950. The number of nitrogens with zero attached hydrogens (tertiary/aromatic N) is 1. The second kappa shape index (κ2) is 10.5. The van der Waals surface area contributed by atoms with Gasteiger partial charge in [-0.3, -0.25) is 8.98 Å². The molecule has 0 heterocycles. The van der Waals surface area contributed by atoms with Crippen molar-refractivity contribution in [3.8, 4) is 0 Å². The Bertz CT molecular complexity index is 711. The minimum Gasteiger partial charge on any atom is -0.343 e. The SMILES string of the molecule is CN(CCC1CC(C(F)(F)F)CC(C(F)(F)F)C1)C(=O)[C@H](OS(C)(=O)=O)C1CCCCC1. The van der Waals surface area contributed by atoms with Crippen molar-refractivity contribution in [3.05, 3.63) is 0 Å². The van der Waals surface area contributed by atoms with E-state index in [4.69, 9.17) is 4.18 Å². The molecule has 2 saturated carbocycles. The highest BCUT2D eigenvalue weighted by atomic mass is 32.2. The van der Waals surface area contributed by atoms with Gasteiger partial charge in [0.1, 0.15) is 0 Å². The van der Waals surface area contributed by atoms with E-state index in [2.05, 4.69) is 0 Å². The Balaban J connectivity index is 2.05. The summed E-state index contributed by atoms with van der Waals surface area (Å²) in [5.41, 5.74) is 0. The summed E-state index contributed by atoms with van der Waals surface area (Å²) in [7, 11) is -2.56. The minimum atomic E-state index is -4.71. The molecule has 5 nitrogen and oxygen atoms in total. The monoisotopic (exact) mass is 495 g/mol. The van der Waals surface area contributed by atoms with Gasteiger partial charge in [0.2, 0.25) is 0 Å². The van der Waals surface area contributed by atoms with Crippen LogP contribution in [0.5, 0.6) is 0 Å². The topological polar surface area (TPSA) is 63.7 Å². The predicted octanol–water partition coefficient (Wildman–Crippen LogP) is 4.92. The Morgan fingerprint density at radius 2 is 1.47 bits per heavy atom. The third kappa shape index (κ3) is 8.07. The van der Waals surface area contributed by atoms with Crippen molar-refractivity contribution in [2.45, 2.75) is 76.2 Å². The average molecular weight is 496 g/mol. The maximum atomic E-state index is 13.2. The van der Waals surface area contributed by atoms with Gasteiger partial charge in [-0.1, -0.05) is 19.3 Å². The second-order valence-corrected chi connectivity index (χ2v) is 10.8. The first-order valence-corrected chi connectivity index (χ1v) is 12.7. The summed E-state index contributed by atoms with van der Waals surface area (Å²) < 4.78 is 107. The highest BCUT2D eigenvalue weighted by Gasteiger charge is 2.51. The van der Waals surface area contributed by atoms with Crippen LogP contribution in [-0.4, -0.2) is 57.5 Å². The van der Waals surface area contributed by atoms with Crippen molar-refractivity contribution < 1.29 is 43.7 Å². The van der Waals surface area contributed by atoms with Gasteiger partial charge in [-0.2, -0.15) is 34.8 Å². The predicted molar refractivity (Wildman–Crippen MR) is 105 cm³/mol. The summed E-state index contributed by atoms with van der Waals surface area (Å²) in [5, 5.41) is 0. The third-order valence-corrected chi connectivity index (χ3v) is 7.14. The lowest BCUT2D eigenvalue weighted by molar-refractivity contribution is -0.229. The van der Waals surface area contributed by atoms with Crippen molar-refractivity contribution in [3.63, 3.8) is 0 Å². The molecule has 0 radical (unpaired) electrons. The molecule has 0 aromatic heterocycles. The van der Waals surface area contributed by atoms with E-state index >= 15 is 0 Å². The standard InChI is InChI=1S/C20H31F6NO4S/c1-27(18(28)17(31-32(2,29)30)14-6-4-3-5-7-14)9-8-13-10-15(19(21,22)23)12-16(11-13)20(24,25)26/h13-17H,3-12H2,1-2H3/t13?,15?,16?,17-/m1/s1. The smallest absolute Gasteiger partial charge is 0.343 e. The summed E-state index contributed by atoms with van der Waals surface area (Å²) in [6.07, 6.45) is -7.79. The van der Waals surface area contributed by atoms with Gasteiger partial charge < -0.3 is 4.90 Å². The fourth-order valence-electron chi connectivity index (χ4n) is 4.86. The number of hydrogen-bond donors (Lipinski definition) is 0. The minimum absolute atomic E-state index is 0.0301. The molecule has 0 N–H and O–H groups in total. The Labute approximate surface area is 185 Å². The number of alkyl halides is 6. The molecule has 3 atom stereocenters. The number of amides is 1. The van der Waals surface area contributed by atoms with E-state index in [1.54, 1.807) is 0 Å². The summed E-state index contributed by atoms with van der Waals surface area (Å²) >= 11 is 0. The van der Waals surface area contributed by atoms with E-state index in [0.29, 0.717) is 12.8 Å².